The highest BCUT2D eigenvalue weighted by Gasteiger charge is 2.44. The Kier molecular flexibility index (Phi) is 17.9. The number of aromatic nitrogens is 3. The second-order valence-electron chi connectivity index (χ2n) is 21.4. The topological polar surface area (TPSA) is 355 Å². The molecule has 8 heterocycles. The van der Waals surface area contributed by atoms with E-state index in [1.165, 1.54) is 51.8 Å². The lowest BCUT2D eigenvalue weighted by Gasteiger charge is -2.39. The number of carbonyl (C=O) groups excluding carboxylic acids is 2. The van der Waals surface area contributed by atoms with E-state index in [9.17, 15) is 43.0 Å². The van der Waals surface area contributed by atoms with E-state index in [4.69, 9.17) is 39.0 Å². The second kappa shape index (κ2) is 25.3. The highest BCUT2D eigenvalue weighted by atomic mass is 31.3. The number of phosphoric ester groups is 1. The number of aryl methyl sites for hydroxylation is 2. The summed E-state index contributed by atoms with van der Waals surface area (Å²) in [5.74, 6) is 6.03. The quantitative estimate of drug-likeness (QED) is 0.0151. The van der Waals surface area contributed by atoms with Crippen LogP contribution in [0.3, 0.4) is 0 Å². The molecule has 5 atom stereocenters. The Morgan fingerprint density at radius 2 is 1.67 bits per heavy atom. The number of aromatic carboxylic acids is 1. The molecule has 29 heteroatoms. The Labute approximate surface area is 492 Å². The molecule has 5 aromatic rings. The van der Waals surface area contributed by atoms with Gasteiger partial charge in [0.25, 0.3) is 5.91 Å². The van der Waals surface area contributed by atoms with Crippen LogP contribution in [-0.4, -0.2) is 128 Å². The first-order chi connectivity index (χ1) is 41.3. The van der Waals surface area contributed by atoms with E-state index in [0.29, 0.717) is 41.5 Å². The molecule has 2 amide bonds. The van der Waals surface area contributed by atoms with Crippen LogP contribution in [0.1, 0.15) is 111 Å². The highest BCUT2D eigenvalue weighted by molar-refractivity contribution is 7.66. The van der Waals surface area contributed by atoms with Crippen LogP contribution in [0.4, 0.5) is 16.3 Å². The summed E-state index contributed by atoms with van der Waals surface area (Å²) in [4.78, 5) is 87.9. The van der Waals surface area contributed by atoms with E-state index < -0.39 is 60.6 Å². The van der Waals surface area contributed by atoms with E-state index >= 15 is 0 Å². The number of ether oxygens (including phenoxy) is 4. The molecule has 2 aromatic heterocycles. The molecule has 86 heavy (non-hydrogen) atoms. The average molecular weight is 1240 g/mol. The van der Waals surface area contributed by atoms with Crippen LogP contribution in [0.2, 0.25) is 0 Å². The third-order valence-electron chi connectivity index (χ3n) is 15.7. The van der Waals surface area contributed by atoms with Gasteiger partial charge < -0.3 is 69.5 Å². The van der Waals surface area contributed by atoms with E-state index in [1.54, 1.807) is 29.0 Å². The van der Waals surface area contributed by atoms with Crippen molar-refractivity contribution in [2.24, 2.45) is 0 Å². The minimum Gasteiger partial charge on any atom is -0.478 e. The number of fused-ring (bicyclic) bond motifs is 5. The third-order valence-corrected chi connectivity index (χ3v) is 19.5. The van der Waals surface area contributed by atoms with Gasteiger partial charge in [0.2, 0.25) is 5.36 Å². The number of nitrogens with two attached hydrogens (primary N) is 1. The number of alkyl carbamates (subject to hydrolysis) is 1. The first kappa shape index (κ1) is 60.6. The van der Waals surface area contributed by atoms with E-state index in [1.807, 2.05) is 6.08 Å². The van der Waals surface area contributed by atoms with Crippen molar-refractivity contribution in [1.29, 1.82) is 0 Å². The first-order valence-corrected chi connectivity index (χ1v) is 32.7. The molecular weight excluding hydrogens is 1180 g/mol. The fourth-order valence-electron chi connectivity index (χ4n) is 12.3. The van der Waals surface area contributed by atoms with Crippen molar-refractivity contribution in [2.75, 3.05) is 69.7 Å². The zero-order chi connectivity index (χ0) is 60.5. The number of carboxylic acids is 1. The Morgan fingerprint density at radius 3 is 2.47 bits per heavy atom. The summed E-state index contributed by atoms with van der Waals surface area (Å²) >= 11 is 0. The molecule has 0 saturated carbocycles. The summed E-state index contributed by atoms with van der Waals surface area (Å²) < 4.78 is 76.2. The lowest BCUT2D eigenvalue weighted by atomic mass is 9.81. The molecule has 0 bridgehead atoms. The number of nitrogens with one attached hydrogen (secondary N) is 2. The average Bonchev–Trinajstić information content (AvgIpc) is 1.09. The molecule has 6 aliphatic heterocycles. The maximum atomic E-state index is 13.9. The van der Waals surface area contributed by atoms with Gasteiger partial charge in [0.1, 0.15) is 61.3 Å². The molecule has 454 valence electrons. The zero-order valence-corrected chi connectivity index (χ0v) is 49.2. The molecule has 0 spiro atoms. The number of benzene rings is 3. The van der Waals surface area contributed by atoms with Gasteiger partial charge in [0.05, 0.1) is 47.9 Å². The molecular formula is C57H64N8O18P3+. The van der Waals surface area contributed by atoms with Crippen molar-refractivity contribution in [3.63, 3.8) is 0 Å². The molecule has 0 aliphatic carbocycles. The lowest BCUT2D eigenvalue weighted by Crippen LogP contribution is -2.45. The van der Waals surface area contributed by atoms with Gasteiger partial charge in [-0.2, -0.15) is 8.62 Å². The minimum atomic E-state index is -5.77. The van der Waals surface area contributed by atoms with Crippen molar-refractivity contribution >= 4 is 69.5 Å². The molecule has 1 saturated heterocycles. The normalized spacial score (nSPS) is 19.9. The van der Waals surface area contributed by atoms with Gasteiger partial charge in [-0.05, 0) is 92.8 Å². The maximum Gasteiger partial charge on any atom is 0.490 e. The summed E-state index contributed by atoms with van der Waals surface area (Å²) in [5.41, 5.74) is 15.6. The summed E-state index contributed by atoms with van der Waals surface area (Å²) in [6.45, 7) is 6.98. The monoisotopic (exact) mass is 1240 g/mol. The van der Waals surface area contributed by atoms with Gasteiger partial charge in [0.15, 0.2) is 0 Å². The summed E-state index contributed by atoms with van der Waals surface area (Å²) in [5, 5.41) is 18.8. The van der Waals surface area contributed by atoms with Gasteiger partial charge >= 0.3 is 35.5 Å². The molecule has 0 radical (unpaired) electrons. The van der Waals surface area contributed by atoms with E-state index in [0.717, 1.165) is 105 Å². The van der Waals surface area contributed by atoms with Crippen LogP contribution < -0.4 is 41.2 Å². The Hall–Kier alpha value is -7.07. The number of phosphoric acid groups is 3. The zero-order valence-electron chi connectivity index (χ0n) is 46.6. The number of hydrogen-bond acceptors (Lipinski definition) is 17. The van der Waals surface area contributed by atoms with Crippen molar-refractivity contribution in [3.8, 4) is 23.3 Å². The number of nitrogens with zero attached hydrogens (tertiary/aromatic N) is 5. The fourth-order valence-corrected chi connectivity index (χ4v) is 15.3. The van der Waals surface area contributed by atoms with Crippen molar-refractivity contribution in [1.82, 2.24) is 29.7 Å². The number of hydrogen-bond donors (Lipinski definition) is 8. The number of amides is 2. The van der Waals surface area contributed by atoms with Gasteiger partial charge in [-0.1, -0.05) is 30.1 Å². The number of anilines is 2. The Morgan fingerprint density at radius 1 is 0.895 bits per heavy atom. The van der Waals surface area contributed by atoms with Gasteiger partial charge in [-0.15, -0.1) is 6.58 Å². The van der Waals surface area contributed by atoms with Crippen LogP contribution in [0.15, 0.2) is 67.7 Å². The van der Waals surface area contributed by atoms with Crippen molar-refractivity contribution in [2.45, 2.75) is 89.1 Å². The predicted octanol–water partition coefficient (Wildman–Crippen LogP) is 5.19. The molecule has 26 nitrogen and oxygen atoms in total. The van der Waals surface area contributed by atoms with Crippen LogP contribution >= 0.6 is 23.5 Å². The summed E-state index contributed by atoms with van der Waals surface area (Å²) in [6, 6.07) is 9.27. The first-order valence-electron chi connectivity index (χ1n) is 28.2. The minimum absolute atomic E-state index is 0.0157. The maximum absolute atomic E-state index is 13.9. The van der Waals surface area contributed by atoms with Gasteiger partial charge in [-0.3, -0.25) is 9.32 Å². The Balaban J connectivity index is 0.701. The van der Waals surface area contributed by atoms with Crippen LogP contribution in [-0.2, 0) is 66.7 Å². The standard InChI is InChI=1S/C57H63N8O18P3/c1-2-25-77-44-30-46(80-45(44)32-79-85(73,74)83-86(75,76)82-84(70,71)72)65-31-37(47-53(58)61-33-62-54(47)65)12-7-20-60-57(69)78-26-6-4-3-5-19-59-55(66)36-17-18-38(56(67)68)41(29-36)48-42-27-34-13-8-21-63-23-10-15-39(49(34)63)51(42)81-52-40-16-11-24-64-22-9-14-35(50(40)64)28-43(48)52/h2,4,6,17-18,27-29,31,33,44-46H,1,3,5,8-11,13-16,19-26,30,32H2,(H8-,58,59,60,61,62,66,67,68,69,70,71,72,73,74,75,76)/p+1/b6-4+/t44-,45+,46+/m0/s1. The largest absolute Gasteiger partial charge is 0.490 e. The lowest BCUT2D eigenvalue weighted by molar-refractivity contribution is -0.0549. The van der Waals surface area contributed by atoms with Crippen LogP contribution in [0, 0.1) is 11.8 Å². The molecule has 9 N–H and O–H groups in total. The molecule has 3 aromatic carbocycles. The van der Waals surface area contributed by atoms with Gasteiger partial charge in [-0.25, -0.2) is 37.8 Å². The fraction of sp³-hybridized carbons (Fsp3) is 0.404. The molecule has 1 fully saturated rings. The number of carboxylic acid groups (broad SMARTS) is 1. The number of carbonyl (C=O) groups is 3. The number of rotatable bonds is 21. The highest BCUT2D eigenvalue weighted by Crippen LogP contribution is 2.66. The molecule has 11 rings (SSSR count). The van der Waals surface area contributed by atoms with Crippen molar-refractivity contribution < 1.29 is 84.9 Å². The second-order valence-corrected chi connectivity index (χ2v) is 25.8. The summed E-state index contributed by atoms with van der Waals surface area (Å²) in [7, 11) is -16.9. The van der Waals surface area contributed by atoms with Gasteiger partial charge in [0, 0.05) is 83.8 Å². The number of nitrogen functional groups attached to an aromatic ring is 1. The van der Waals surface area contributed by atoms with E-state index in [-0.39, 0.29) is 49.1 Å². The summed E-state index contributed by atoms with van der Waals surface area (Å²) in [6.07, 6.45) is 13.0. The van der Waals surface area contributed by atoms with Crippen molar-refractivity contribution in [3.05, 3.63) is 128 Å². The third kappa shape index (κ3) is 13.1. The Bertz CT molecular complexity index is 3960. The molecule has 6 aliphatic rings. The number of unbranched alkanes of at least 4 members (excludes halogenated alkanes) is 1. The SMILES string of the molecule is C=CCO[C@H]1C[C@H](n2cc(C#CCNC(=O)OC/C=C/CCCNC(=O)c3ccc(C(=O)O)c(C4=c5cc6c7c(c5Oc5c4cc4c8c5CCCN8CCC4)CCC[N+]=7CCC6)c3)c3c(N)ncnc32)O[C@@H]1COP(=O)(O)OP(=O)(O)OP(=O)(O)O. The number of allylic oxidation sites excluding steroid dienone is 1. The van der Waals surface area contributed by atoms with Crippen LogP contribution in [0.5, 0.6) is 11.5 Å². The smallest absolute Gasteiger partial charge is 0.478 e. The van der Waals surface area contributed by atoms with E-state index in [2.05, 4.69) is 69.3 Å². The predicted molar refractivity (Wildman–Crippen MR) is 311 cm³/mol. The molecule has 2 unspecified atom stereocenters. The van der Waals surface area contributed by atoms with Crippen LogP contribution in [0.25, 0.3) is 16.6 Å².